The van der Waals surface area contributed by atoms with Crippen LogP contribution in [-0.4, -0.2) is 17.1 Å². The first-order valence-electron chi connectivity index (χ1n) is 6.67. The van der Waals surface area contributed by atoms with Crippen LogP contribution in [0.1, 0.15) is 55.3 Å². The van der Waals surface area contributed by atoms with Crippen LogP contribution in [0.3, 0.4) is 0 Å². The molecular formula is C14H21ClN2O. The Labute approximate surface area is 114 Å². The van der Waals surface area contributed by atoms with E-state index in [0.29, 0.717) is 11.1 Å². The van der Waals surface area contributed by atoms with Crippen LogP contribution in [0.5, 0.6) is 0 Å². The van der Waals surface area contributed by atoms with E-state index in [9.17, 15) is 0 Å². The van der Waals surface area contributed by atoms with Gasteiger partial charge < -0.3 is 4.74 Å². The van der Waals surface area contributed by atoms with E-state index < -0.39 is 0 Å². The van der Waals surface area contributed by atoms with Crippen LogP contribution in [0, 0.1) is 19.8 Å². The first-order valence-corrected chi connectivity index (χ1v) is 7.04. The Balaban J connectivity index is 2.26. The molecule has 0 radical (unpaired) electrons. The SMILES string of the molecule is COC(c1nc(C)c(C)c(Cl)n1)C1CCCCC1. The summed E-state index contributed by atoms with van der Waals surface area (Å²) in [6.07, 6.45) is 6.29. The van der Waals surface area contributed by atoms with E-state index in [-0.39, 0.29) is 6.10 Å². The molecule has 2 rings (SSSR count). The standard InChI is InChI=1S/C14H21ClN2O/c1-9-10(2)16-14(17-13(9)15)12(18-3)11-7-5-4-6-8-11/h11-12H,4-8H2,1-3H3. The number of aryl methyl sites for hydroxylation is 1. The van der Waals surface area contributed by atoms with Crippen molar-refractivity contribution in [3.63, 3.8) is 0 Å². The van der Waals surface area contributed by atoms with E-state index in [1.54, 1.807) is 7.11 Å². The van der Waals surface area contributed by atoms with Crippen molar-refractivity contribution in [1.29, 1.82) is 0 Å². The lowest BCUT2D eigenvalue weighted by Crippen LogP contribution is -2.20. The maximum absolute atomic E-state index is 6.15. The van der Waals surface area contributed by atoms with Gasteiger partial charge in [0, 0.05) is 18.4 Å². The van der Waals surface area contributed by atoms with Gasteiger partial charge in [0.15, 0.2) is 5.82 Å². The molecule has 1 aliphatic carbocycles. The zero-order valence-electron chi connectivity index (χ0n) is 11.4. The number of halogens is 1. The zero-order chi connectivity index (χ0) is 13.1. The lowest BCUT2D eigenvalue weighted by Gasteiger charge is -2.28. The molecular weight excluding hydrogens is 248 g/mol. The van der Waals surface area contributed by atoms with E-state index >= 15 is 0 Å². The second-order valence-corrected chi connectivity index (χ2v) is 5.50. The van der Waals surface area contributed by atoms with Crippen LogP contribution in [0.4, 0.5) is 0 Å². The summed E-state index contributed by atoms with van der Waals surface area (Å²) in [5, 5.41) is 0.551. The van der Waals surface area contributed by atoms with Crippen molar-refractivity contribution in [1.82, 2.24) is 9.97 Å². The van der Waals surface area contributed by atoms with E-state index in [4.69, 9.17) is 16.3 Å². The van der Waals surface area contributed by atoms with Gasteiger partial charge in [-0.3, -0.25) is 0 Å². The summed E-state index contributed by atoms with van der Waals surface area (Å²) in [5.41, 5.74) is 1.90. The van der Waals surface area contributed by atoms with E-state index in [1.807, 2.05) is 13.8 Å². The van der Waals surface area contributed by atoms with Gasteiger partial charge in [0.1, 0.15) is 11.3 Å². The van der Waals surface area contributed by atoms with E-state index in [0.717, 1.165) is 17.1 Å². The van der Waals surface area contributed by atoms with Crippen molar-refractivity contribution >= 4 is 11.6 Å². The molecule has 1 atom stereocenters. The number of aromatic nitrogens is 2. The number of nitrogens with zero attached hydrogens (tertiary/aromatic N) is 2. The Morgan fingerprint density at radius 1 is 1.17 bits per heavy atom. The topological polar surface area (TPSA) is 35.0 Å². The third kappa shape index (κ3) is 2.83. The van der Waals surface area contributed by atoms with Crippen molar-refractivity contribution in [2.75, 3.05) is 7.11 Å². The molecule has 1 saturated carbocycles. The fourth-order valence-corrected chi connectivity index (χ4v) is 2.91. The Morgan fingerprint density at radius 2 is 1.83 bits per heavy atom. The Morgan fingerprint density at radius 3 is 2.39 bits per heavy atom. The highest BCUT2D eigenvalue weighted by Gasteiger charge is 2.27. The predicted molar refractivity (Wildman–Crippen MR) is 72.8 cm³/mol. The quantitative estimate of drug-likeness (QED) is 0.777. The lowest BCUT2D eigenvalue weighted by atomic mass is 9.85. The number of rotatable bonds is 3. The van der Waals surface area contributed by atoms with E-state index in [2.05, 4.69) is 9.97 Å². The Kier molecular flexibility index (Phi) is 4.57. The highest BCUT2D eigenvalue weighted by Crippen LogP contribution is 2.35. The van der Waals surface area contributed by atoms with Gasteiger partial charge in [-0.05, 0) is 32.6 Å². The van der Waals surface area contributed by atoms with Crippen LogP contribution in [-0.2, 0) is 4.74 Å². The van der Waals surface area contributed by atoms with Gasteiger partial charge in [-0.1, -0.05) is 30.9 Å². The highest BCUT2D eigenvalue weighted by atomic mass is 35.5. The summed E-state index contributed by atoms with van der Waals surface area (Å²) in [4.78, 5) is 8.97. The van der Waals surface area contributed by atoms with E-state index in [1.165, 1.54) is 32.1 Å². The van der Waals surface area contributed by atoms with Crippen molar-refractivity contribution in [3.05, 3.63) is 22.2 Å². The summed E-state index contributed by atoms with van der Waals surface area (Å²) in [5.74, 6) is 1.28. The molecule has 0 amide bonds. The number of hydrogen-bond donors (Lipinski definition) is 0. The van der Waals surface area contributed by atoms with Crippen molar-refractivity contribution in [3.8, 4) is 0 Å². The van der Waals surface area contributed by atoms with Gasteiger partial charge >= 0.3 is 0 Å². The molecule has 1 aromatic heterocycles. The maximum Gasteiger partial charge on any atom is 0.159 e. The highest BCUT2D eigenvalue weighted by molar-refractivity contribution is 6.30. The molecule has 4 heteroatoms. The van der Waals surface area contributed by atoms with Gasteiger partial charge in [0.05, 0.1) is 0 Å². The number of hydrogen-bond acceptors (Lipinski definition) is 3. The van der Waals surface area contributed by atoms with Crippen LogP contribution in [0.15, 0.2) is 0 Å². The molecule has 0 saturated heterocycles. The summed E-state index contributed by atoms with van der Waals surface area (Å²) in [6, 6.07) is 0. The summed E-state index contributed by atoms with van der Waals surface area (Å²) < 4.78 is 5.64. The van der Waals surface area contributed by atoms with Crippen LogP contribution in [0.2, 0.25) is 5.15 Å². The Hall–Kier alpha value is -0.670. The van der Waals surface area contributed by atoms with Crippen LogP contribution in [0.25, 0.3) is 0 Å². The molecule has 0 aromatic carbocycles. The molecule has 18 heavy (non-hydrogen) atoms. The Bertz CT molecular complexity index is 393. The number of methoxy groups -OCH3 is 1. The van der Waals surface area contributed by atoms with Crippen molar-refractivity contribution < 1.29 is 4.74 Å². The largest absolute Gasteiger partial charge is 0.373 e. The molecule has 0 aliphatic heterocycles. The van der Waals surface area contributed by atoms with Gasteiger partial charge in [0.2, 0.25) is 0 Å². The molecule has 1 aliphatic rings. The third-order valence-electron chi connectivity index (χ3n) is 3.93. The first-order chi connectivity index (χ1) is 8.63. The summed E-state index contributed by atoms with van der Waals surface area (Å²) >= 11 is 6.15. The smallest absolute Gasteiger partial charge is 0.159 e. The molecule has 1 heterocycles. The molecule has 0 N–H and O–H groups in total. The van der Waals surface area contributed by atoms with Crippen molar-refractivity contribution in [2.45, 2.75) is 52.1 Å². The number of ether oxygens (including phenoxy) is 1. The summed E-state index contributed by atoms with van der Waals surface area (Å²) in [6.45, 7) is 3.92. The average molecular weight is 269 g/mol. The molecule has 1 aromatic rings. The summed E-state index contributed by atoms with van der Waals surface area (Å²) in [7, 11) is 1.74. The maximum atomic E-state index is 6.15. The molecule has 1 unspecified atom stereocenters. The second-order valence-electron chi connectivity index (χ2n) is 5.14. The lowest BCUT2D eigenvalue weighted by molar-refractivity contribution is 0.0288. The normalized spacial score (nSPS) is 18.9. The monoisotopic (exact) mass is 268 g/mol. The average Bonchev–Trinajstić information content (AvgIpc) is 2.38. The van der Waals surface area contributed by atoms with Gasteiger partial charge in [-0.2, -0.15) is 0 Å². The molecule has 3 nitrogen and oxygen atoms in total. The predicted octanol–water partition coefficient (Wildman–Crippen LogP) is 4.01. The minimum absolute atomic E-state index is 0.0119. The molecule has 1 fully saturated rings. The fraction of sp³-hybridized carbons (Fsp3) is 0.714. The zero-order valence-corrected chi connectivity index (χ0v) is 12.1. The minimum atomic E-state index is -0.0119. The van der Waals surface area contributed by atoms with Crippen LogP contribution >= 0.6 is 11.6 Å². The van der Waals surface area contributed by atoms with Gasteiger partial charge in [-0.25, -0.2) is 9.97 Å². The minimum Gasteiger partial charge on any atom is -0.373 e. The molecule has 0 bridgehead atoms. The van der Waals surface area contributed by atoms with Crippen LogP contribution < -0.4 is 0 Å². The first kappa shape index (κ1) is 13.8. The van der Waals surface area contributed by atoms with Gasteiger partial charge in [-0.15, -0.1) is 0 Å². The van der Waals surface area contributed by atoms with Gasteiger partial charge in [0.25, 0.3) is 0 Å². The second kappa shape index (κ2) is 5.98. The third-order valence-corrected chi connectivity index (χ3v) is 4.30. The molecule has 0 spiro atoms. The van der Waals surface area contributed by atoms with Crippen molar-refractivity contribution in [2.24, 2.45) is 5.92 Å². The fourth-order valence-electron chi connectivity index (χ4n) is 2.69. The molecule has 100 valence electrons.